The fourth-order valence-corrected chi connectivity index (χ4v) is 1.53. The second-order valence-corrected chi connectivity index (χ2v) is 3.54. The fourth-order valence-electron chi connectivity index (χ4n) is 1.40. The van der Waals surface area contributed by atoms with Crippen LogP contribution in [0.25, 0.3) is 0 Å². The maximum Gasteiger partial charge on any atom is 0.242 e. The third-order valence-electron chi connectivity index (χ3n) is 2.14. The Hall–Kier alpha value is -0.610. The third-order valence-corrected chi connectivity index (χ3v) is 2.31. The van der Waals surface area contributed by atoms with Crippen molar-refractivity contribution in [1.82, 2.24) is 15.2 Å². The molecule has 1 unspecified atom stereocenters. The number of H-pyrrole nitrogens is 1. The van der Waals surface area contributed by atoms with Crippen molar-refractivity contribution in [2.24, 2.45) is 5.92 Å². The molecular weight excluding hydrogens is 190 g/mol. The number of aromatic amines is 1. The second kappa shape index (κ2) is 3.64. The van der Waals surface area contributed by atoms with Crippen LogP contribution in [0.5, 0.6) is 0 Å². The summed E-state index contributed by atoms with van der Waals surface area (Å²) in [6.07, 6.45) is 2.48. The minimum Gasteiger partial charge on any atom is -0.370 e. The molecule has 1 aromatic rings. The number of nitrogens with zero attached hydrogens (tertiary/aromatic N) is 2. The summed E-state index contributed by atoms with van der Waals surface area (Å²) in [6.45, 7) is 2.67. The van der Waals surface area contributed by atoms with Gasteiger partial charge in [0, 0.05) is 6.61 Å². The predicted octanol–water partition coefficient (Wildman–Crippen LogP) is 1.95. The zero-order valence-corrected chi connectivity index (χ0v) is 8.21. The molecule has 0 saturated heterocycles. The summed E-state index contributed by atoms with van der Waals surface area (Å²) in [6, 6.07) is 0. The van der Waals surface area contributed by atoms with Gasteiger partial charge in [-0.2, -0.15) is 4.98 Å². The van der Waals surface area contributed by atoms with Crippen molar-refractivity contribution in [2.75, 3.05) is 6.61 Å². The van der Waals surface area contributed by atoms with Crippen LogP contribution in [0.4, 0.5) is 0 Å². The van der Waals surface area contributed by atoms with Gasteiger partial charge < -0.3 is 4.74 Å². The van der Waals surface area contributed by atoms with Gasteiger partial charge in [0.25, 0.3) is 0 Å². The summed E-state index contributed by atoms with van der Waals surface area (Å²) < 4.78 is 5.57. The Labute approximate surface area is 81.6 Å². The monoisotopic (exact) mass is 201 g/mol. The first-order valence-electron chi connectivity index (χ1n) is 4.50. The van der Waals surface area contributed by atoms with Gasteiger partial charge in [0.1, 0.15) is 6.10 Å². The number of rotatable bonds is 4. The molecule has 1 aliphatic carbocycles. The summed E-state index contributed by atoms with van der Waals surface area (Å²) in [5, 5.41) is 6.84. The average molecular weight is 202 g/mol. The smallest absolute Gasteiger partial charge is 0.242 e. The van der Waals surface area contributed by atoms with Crippen molar-refractivity contribution in [2.45, 2.75) is 25.9 Å². The molecule has 5 heteroatoms. The first-order chi connectivity index (χ1) is 6.31. The van der Waals surface area contributed by atoms with Crippen LogP contribution in [0, 0.1) is 5.92 Å². The molecule has 0 bridgehead atoms. The second-order valence-electron chi connectivity index (χ2n) is 3.20. The van der Waals surface area contributed by atoms with E-state index in [2.05, 4.69) is 15.2 Å². The number of nitrogens with one attached hydrogen (secondary N) is 1. The van der Waals surface area contributed by atoms with Crippen molar-refractivity contribution < 1.29 is 4.74 Å². The van der Waals surface area contributed by atoms with Crippen molar-refractivity contribution in [3.8, 4) is 0 Å². The molecule has 72 valence electrons. The lowest BCUT2D eigenvalue weighted by molar-refractivity contribution is 0.0403. The Morgan fingerprint density at radius 2 is 2.46 bits per heavy atom. The van der Waals surface area contributed by atoms with Gasteiger partial charge in [0.15, 0.2) is 5.82 Å². The van der Waals surface area contributed by atoms with Gasteiger partial charge >= 0.3 is 0 Å². The molecule has 0 radical (unpaired) electrons. The maximum atomic E-state index is 5.62. The number of ether oxygens (including phenoxy) is 1. The summed E-state index contributed by atoms with van der Waals surface area (Å²) in [5.41, 5.74) is 0. The summed E-state index contributed by atoms with van der Waals surface area (Å²) in [7, 11) is 0. The van der Waals surface area contributed by atoms with Crippen LogP contribution in [-0.2, 0) is 4.74 Å². The molecule has 0 amide bonds. The van der Waals surface area contributed by atoms with Gasteiger partial charge in [-0.3, -0.25) is 5.10 Å². The Morgan fingerprint density at radius 1 is 1.69 bits per heavy atom. The summed E-state index contributed by atoms with van der Waals surface area (Å²) >= 11 is 5.62. The molecule has 1 saturated carbocycles. The molecule has 1 heterocycles. The Balaban J connectivity index is 2.10. The van der Waals surface area contributed by atoms with E-state index in [1.165, 1.54) is 12.8 Å². The van der Waals surface area contributed by atoms with E-state index in [1.807, 2.05) is 6.92 Å². The molecule has 1 N–H and O–H groups in total. The van der Waals surface area contributed by atoms with Crippen LogP contribution in [0.15, 0.2) is 0 Å². The molecule has 13 heavy (non-hydrogen) atoms. The highest BCUT2D eigenvalue weighted by Crippen LogP contribution is 2.42. The van der Waals surface area contributed by atoms with Crippen LogP contribution in [0.3, 0.4) is 0 Å². The standard InChI is InChI=1S/C8H12ClN3O/c1-2-13-6(5-3-4-5)7-10-8(9)12-11-7/h5-6H,2-4H2,1H3,(H,10,11,12). The minimum absolute atomic E-state index is 0.0602. The van der Waals surface area contributed by atoms with Gasteiger partial charge in [-0.1, -0.05) is 0 Å². The average Bonchev–Trinajstić information content (AvgIpc) is 2.85. The van der Waals surface area contributed by atoms with Crippen LogP contribution >= 0.6 is 11.6 Å². The van der Waals surface area contributed by atoms with E-state index in [0.29, 0.717) is 12.5 Å². The highest BCUT2D eigenvalue weighted by molar-refractivity contribution is 6.28. The number of hydrogen-bond donors (Lipinski definition) is 1. The number of hydrogen-bond acceptors (Lipinski definition) is 3. The van der Waals surface area contributed by atoms with Crippen molar-refractivity contribution >= 4 is 11.6 Å². The lowest BCUT2D eigenvalue weighted by Crippen LogP contribution is -2.08. The van der Waals surface area contributed by atoms with Crippen LogP contribution < -0.4 is 0 Å². The molecule has 1 aromatic heterocycles. The van der Waals surface area contributed by atoms with Crippen LogP contribution in [-0.4, -0.2) is 21.8 Å². The number of aromatic nitrogens is 3. The molecule has 4 nitrogen and oxygen atoms in total. The largest absolute Gasteiger partial charge is 0.370 e. The number of halogens is 1. The normalized spacial score (nSPS) is 18.9. The molecular formula is C8H12ClN3O. The molecule has 1 atom stereocenters. The summed E-state index contributed by atoms with van der Waals surface area (Å²) in [5.74, 6) is 1.36. The van der Waals surface area contributed by atoms with Crippen LogP contribution in [0.1, 0.15) is 31.7 Å². The van der Waals surface area contributed by atoms with Crippen molar-refractivity contribution in [1.29, 1.82) is 0 Å². The maximum absolute atomic E-state index is 5.62. The Kier molecular flexibility index (Phi) is 2.51. The molecule has 2 rings (SSSR count). The van der Waals surface area contributed by atoms with E-state index in [1.54, 1.807) is 0 Å². The molecule has 1 fully saturated rings. The van der Waals surface area contributed by atoms with E-state index < -0.39 is 0 Å². The fraction of sp³-hybridized carbons (Fsp3) is 0.750. The summed E-state index contributed by atoms with van der Waals surface area (Å²) in [4.78, 5) is 4.06. The SMILES string of the molecule is CCOC(c1nc(Cl)n[nH]1)C1CC1. The van der Waals surface area contributed by atoms with Gasteiger partial charge in [-0.05, 0) is 37.3 Å². The quantitative estimate of drug-likeness (QED) is 0.810. The minimum atomic E-state index is 0.0602. The molecule has 1 aliphatic rings. The highest BCUT2D eigenvalue weighted by atomic mass is 35.5. The first-order valence-corrected chi connectivity index (χ1v) is 4.88. The lowest BCUT2D eigenvalue weighted by Gasteiger charge is -2.12. The molecule has 0 aromatic carbocycles. The lowest BCUT2D eigenvalue weighted by atomic mass is 10.2. The molecule has 0 aliphatic heterocycles. The Morgan fingerprint density at radius 3 is 2.92 bits per heavy atom. The van der Waals surface area contributed by atoms with E-state index >= 15 is 0 Å². The van der Waals surface area contributed by atoms with E-state index in [4.69, 9.17) is 16.3 Å². The van der Waals surface area contributed by atoms with Gasteiger partial charge in [0.05, 0.1) is 0 Å². The van der Waals surface area contributed by atoms with Crippen LogP contribution in [0.2, 0.25) is 5.28 Å². The Bertz CT molecular complexity index is 285. The van der Waals surface area contributed by atoms with E-state index in [-0.39, 0.29) is 11.4 Å². The third kappa shape index (κ3) is 2.00. The van der Waals surface area contributed by atoms with E-state index in [9.17, 15) is 0 Å². The zero-order valence-electron chi connectivity index (χ0n) is 7.46. The van der Waals surface area contributed by atoms with Gasteiger partial charge in [0.2, 0.25) is 5.28 Å². The van der Waals surface area contributed by atoms with E-state index in [0.717, 1.165) is 5.82 Å². The predicted molar refractivity (Wildman–Crippen MR) is 48.5 cm³/mol. The molecule has 0 spiro atoms. The van der Waals surface area contributed by atoms with Crippen molar-refractivity contribution in [3.05, 3.63) is 11.1 Å². The van der Waals surface area contributed by atoms with Gasteiger partial charge in [-0.25, -0.2) is 0 Å². The zero-order chi connectivity index (χ0) is 9.26. The van der Waals surface area contributed by atoms with Crippen molar-refractivity contribution in [3.63, 3.8) is 0 Å². The van der Waals surface area contributed by atoms with Gasteiger partial charge in [-0.15, -0.1) is 5.10 Å². The highest BCUT2D eigenvalue weighted by Gasteiger charge is 2.35. The topological polar surface area (TPSA) is 50.8 Å². The first kappa shape index (κ1) is 8.97.